The fraction of sp³-hybridized carbons (Fsp3) is 0.222. The van der Waals surface area contributed by atoms with E-state index in [1.807, 2.05) is 6.08 Å². The van der Waals surface area contributed by atoms with Crippen molar-refractivity contribution in [2.45, 2.75) is 26.3 Å². The van der Waals surface area contributed by atoms with Gasteiger partial charge in [0.05, 0.1) is 11.4 Å². The number of anilines is 1. The molecule has 1 aliphatic heterocycles. The largest absolute Gasteiger partial charge is 0.508 e. The highest BCUT2D eigenvalue weighted by atomic mass is 16.3. The van der Waals surface area contributed by atoms with E-state index in [2.05, 4.69) is 20.3 Å². The molecule has 1 amide bonds. The van der Waals surface area contributed by atoms with Crippen LogP contribution in [0.25, 0.3) is 0 Å². The van der Waals surface area contributed by atoms with E-state index in [0.717, 1.165) is 18.6 Å². The number of benzene rings is 1. The van der Waals surface area contributed by atoms with Crippen molar-refractivity contribution in [2.75, 3.05) is 5.73 Å². The number of allylic oxidation sites excluding steroid dienone is 1. The Morgan fingerprint density at radius 3 is 2.84 bits per heavy atom. The second kappa shape index (κ2) is 7.12. The minimum absolute atomic E-state index is 0.0626. The fourth-order valence-corrected chi connectivity index (χ4v) is 2.57. The number of aliphatic imine (C=N–C) groups is 1. The number of carbonyl (C=O) groups excluding carboxylic acids is 1. The number of para-hydroxylation sites is 1. The van der Waals surface area contributed by atoms with Gasteiger partial charge in [-0.15, -0.1) is 0 Å². The van der Waals surface area contributed by atoms with Gasteiger partial charge < -0.3 is 16.2 Å². The summed E-state index contributed by atoms with van der Waals surface area (Å²) in [6.07, 6.45) is 5.38. The number of carbonyl (C=O) groups is 1. The molecule has 0 fully saturated rings. The molecule has 128 valence electrons. The first kappa shape index (κ1) is 16.6. The highest BCUT2D eigenvalue weighted by Gasteiger charge is 2.19. The number of aromatic hydroxyl groups is 1. The monoisotopic (exact) mass is 337 g/mol. The molecule has 0 bridgehead atoms. The van der Waals surface area contributed by atoms with Crippen LogP contribution in [-0.2, 0) is 6.54 Å². The van der Waals surface area contributed by atoms with E-state index in [1.165, 1.54) is 0 Å². The number of amides is 1. The quantitative estimate of drug-likeness (QED) is 0.790. The summed E-state index contributed by atoms with van der Waals surface area (Å²) >= 11 is 0. The number of phenolic OH excluding ortho intramolecular Hbond substituents is 1. The molecular weight excluding hydrogens is 318 g/mol. The predicted octanol–water partition coefficient (Wildman–Crippen LogP) is 2.10. The lowest BCUT2D eigenvalue weighted by Gasteiger charge is -2.13. The van der Waals surface area contributed by atoms with Crippen LogP contribution in [0, 0.1) is 6.92 Å². The van der Waals surface area contributed by atoms with Gasteiger partial charge in [0, 0.05) is 18.3 Å². The number of aryl methyl sites for hydroxylation is 1. The zero-order valence-electron chi connectivity index (χ0n) is 13.9. The number of nitrogen functional groups attached to an aromatic ring is 1. The molecule has 3 rings (SSSR count). The van der Waals surface area contributed by atoms with Crippen molar-refractivity contribution in [3.63, 3.8) is 0 Å². The van der Waals surface area contributed by atoms with Gasteiger partial charge in [0.15, 0.2) is 11.5 Å². The third-order valence-corrected chi connectivity index (χ3v) is 3.90. The van der Waals surface area contributed by atoms with Crippen LogP contribution in [0.3, 0.4) is 0 Å². The van der Waals surface area contributed by atoms with Gasteiger partial charge >= 0.3 is 0 Å². The van der Waals surface area contributed by atoms with E-state index in [9.17, 15) is 9.90 Å². The average Bonchev–Trinajstić information content (AvgIpc) is 2.63. The highest BCUT2D eigenvalue weighted by Crippen LogP contribution is 2.18. The Morgan fingerprint density at radius 2 is 2.12 bits per heavy atom. The molecule has 0 aliphatic carbocycles. The van der Waals surface area contributed by atoms with E-state index in [0.29, 0.717) is 17.0 Å². The Labute approximate surface area is 145 Å². The normalized spacial score (nSPS) is 13.4. The lowest BCUT2D eigenvalue weighted by molar-refractivity contribution is 0.0946. The zero-order chi connectivity index (χ0) is 17.8. The second-order valence-electron chi connectivity index (χ2n) is 5.70. The summed E-state index contributed by atoms with van der Waals surface area (Å²) in [5, 5.41) is 12.5. The SMILES string of the molecule is Cc1nc(C(=O)NCc2ccccc2O)c(N)nc1C1=NC=CCC1. The van der Waals surface area contributed by atoms with Crippen LogP contribution in [-0.4, -0.2) is 26.7 Å². The number of rotatable bonds is 4. The third kappa shape index (κ3) is 3.65. The summed E-state index contributed by atoms with van der Waals surface area (Å²) in [5.41, 5.74) is 8.67. The minimum Gasteiger partial charge on any atom is -0.508 e. The number of hydrogen-bond donors (Lipinski definition) is 3. The van der Waals surface area contributed by atoms with Crippen molar-refractivity contribution in [3.05, 3.63) is 59.2 Å². The molecule has 7 nitrogen and oxygen atoms in total. The Kier molecular flexibility index (Phi) is 4.74. The maximum Gasteiger partial charge on any atom is 0.274 e. The van der Waals surface area contributed by atoms with E-state index in [4.69, 9.17) is 5.73 Å². The van der Waals surface area contributed by atoms with Crippen molar-refractivity contribution in [2.24, 2.45) is 4.99 Å². The molecule has 0 saturated heterocycles. The van der Waals surface area contributed by atoms with Crippen LogP contribution in [0.4, 0.5) is 5.82 Å². The molecule has 1 aromatic heterocycles. The van der Waals surface area contributed by atoms with Crippen LogP contribution in [0.15, 0.2) is 41.5 Å². The minimum atomic E-state index is -0.437. The van der Waals surface area contributed by atoms with Crippen LogP contribution >= 0.6 is 0 Å². The topological polar surface area (TPSA) is 113 Å². The van der Waals surface area contributed by atoms with Gasteiger partial charge in [0.2, 0.25) is 0 Å². The van der Waals surface area contributed by atoms with E-state index >= 15 is 0 Å². The van der Waals surface area contributed by atoms with Crippen LogP contribution < -0.4 is 11.1 Å². The third-order valence-electron chi connectivity index (χ3n) is 3.90. The van der Waals surface area contributed by atoms with E-state index in [1.54, 1.807) is 37.4 Å². The van der Waals surface area contributed by atoms with Crippen LogP contribution in [0.5, 0.6) is 5.75 Å². The highest BCUT2D eigenvalue weighted by molar-refractivity contribution is 6.02. The Bertz CT molecular complexity index is 874. The van der Waals surface area contributed by atoms with Crippen molar-refractivity contribution in [1.82, 2.24) is 15.3 Å². The number of nitrogens with two attached hydrogens (primary N) is 1. The first-order valence-electron chi connectivity index (χ1n) is 7.97. The number of hydrogen-bond acceptors (Lipinski definition) is 6. The maximum atomic E-state index is 12.4. The molecule has 2 aromatic rings. The van der Waals surface area contributed by atoms with Crippen LogP contribution in [0.1, 0.15) is 40.3 Å². The van der Waals surface area contributed by atoms with Gasteiger partial charge in [-0.2, -0.15) is 0 Å². The standard InChI is InChI=1S/C18H19N5O2/c1-11-15(13-7-4-5-9-20-13)23-17(19)16(22-11)18(25)21-10-12-6-2-3-8-14(12)24/h2-3,5-6,8-9,24H,4,7,10H2,1H3,(H2,19,23)(H,21,25). The fourth-order valence-electron chi connectivity index (χ4n) is 2.57. The molecule has 0 saturated carbocycles. The molecular formula is C18H19N5O2. The maximum absolute atomic E-state index is 12.4. The molecule has 0 atom stereocenters. The summed E-state index contributed by atoms with van der Waals surface area (Å²) in [4.78, 5) is 25.3. The van der Waals surface area contributed by atoms with Crippen molar-refractivity contribution >= 4 is 17.4 Å². The molecule has 0 unspecified atom stereocenters. The predicted molar refractivity (Wildman–Crippen MR) is 95.4 cm³/mol. The van der Waals surface area contributed by atoms with Gasteiger partial charge in [-0.05, 0) is 25.8 Å². The number of nitrogens with zero attached hydrogens (tertiary/aromatic N) is 3. The Balaban J connectivity index is 1.79. The first-order valence-corrected chi connectivity index (χ1v) is 7.97. The molecule has 4 N–H and O–H groups in total. The number of aromatic nitrogens is 2. The lowest BCUT2D eigenvalue weighted by atomic mass is 10.1. The zero-order valence-corrected chi connectivity index (χ0v) is 13.9. The van der Waals surface area contributed by atoms with Crippen molar-refractivity contribution in [3.8, 4) is 5.75 Å². The first-order chi connectivity index (χ1) is 12.1. The smallest absolute Gasteiger partial charge is 0.274 e. The van der Waals surface area contributed by atoms with Gasteiger partial charge in [0.1, 0.15) is 11.4 Å². The molecule has 25 heavy (non-hydrogen) atoms. The molecule has 0 radical (unpaired) electrons. The lowest BCUT2D eigenvalue weighted by Crippen LogP contribution is -2.26. The molecule has 2 heterocycles. The number of nitrogens with one attached hydrogen (secondary N) is 1. The summed E-state index contributed by atoms with van der Waals surface area (Å²) in [5.74, 6) is -0.252. The second-order valence-corrected chi connectivity index (χ2v) is 5.70. The Morgan fingerprint density at radius 1 is 1.32 bits per heavy atom. The number of phenols is 1. The van der Waals surface area contributed by atoms with Crippen molar-refractivity contribution < 1.29 is 9.90 Å². The van der Waals surface area contributed by atoms with Crippen molar-refractivity contribution in [1.29, 1.82) is 0 Å². The summed E-state index contributed by atoms with van der Waals surface area (Å²) in [7, 11) is 0. The molecule has 7 heteroatoms. The summed E-state index contributed by atoms with van der Waals surface area (Å²) in [6.45, 7) is 1.95. The van der Waals surface area contributed by atoms with Gasteiger partial charge in [0.25, 0.3) is 5.91 Å². The van der Waals surface area contributed by atoms with E-state index in [-0.39, 0.29) is 23.8 Å². The van der Waals surface area contributed by atoms with Gasteiger partial charge in [-0.25, -0.2) is 9.97 Å². The molecule has 0 spiro atoms. The summed E-state index contributed by atoms with van der Waals surface area (Å²) < 4.78 is 0. The summed E-state index contributed by atoms with van der Waals surface area (Å²) in [6, 6.07) is 6.80. The molecule has 1 aliphatic rings. The van der Waals surface area contributed by atoms with Gasteiger partial charge in [-0.3, -0.25) is 9.79 Å². The Hall–Kier alpha value is -3.22. The van der Waals surface area contributed by atoms with Gasteiger partial charge in [-0.1, -0.05) is 24.3 Å². The van der Waals surface area contributed by atoms with Crippen LogP contribution in [0.2, 0.25) is 0 Å². The average molecular weight is 337 g/mol. The molecule has 1 aromatic carbocycles. The van der Waals surface area contributed by atoms with E-state index < -0.39 is 5.91 Å².